The summed E-state index contributed by atoms with van der Waals surface area (Å²) in [6.45, 7) is 2.20. The maximum atomic E-state index is 8.47. The molecule has 0 atom stereocenters. The van der Waals surface area contributed by atoms with Gasteiger partial charge in [-0.15, -0.1) is 11.8 Å². The number of hydrogen-bond donors (Lipinski definition) is 1. The van der Waals surface area contributed by atoms with Gasteiger partial charge in [0.25, 0.3) is 5.82 Å². The molecule has 0 radical (unpaired) electrons. The highest BCUT2D eigenvalue weighted by molar-refractivity contribution is 7.98. The van der Waals surface area contributed by atoms with E-state index >= 15 is 0 Å². The molecule has 0 spiro atoms. The summed E-state index contributed by atoms with van der Waals surface area (Å²) in [5.74, 6) is 3.45. The molecule has 1 aromatic rings. The Balaban J connectivity index is 2.36. The van der Waals surface area contributed by atoms with Gasteiger partial charge >= 0.3 is 0 Å². The van der Waals surface area contributed by atoms with Gasteiger partial charge in [0.05, 0.1) is 12.5 Å². The Labute approximate surface area is 95.5 Å². The molecule has 0 aliphatic carbocycles. The van der Waals surface area contributed by atoms with Gasteiger partial charge < -0.3 is 0 Å². The Bertz CT molecular complexity index is 314. The second-order valence-corrected chi connectivity index (χ2v) is 4.50. The SMILES string of the molecule is CCCSC[n+]1cc[nH]c1CCCC#N. The molecule has 0 amide bonds. The topological polar surface area (TPSA) is 43.5 Å². The van der Waals surface area contributed by atoms with Gasteiger partial charge in [-0.05, 0) is 18.6 Å². The molecule has 3 nitrogen and oxygen atoms in total. The van der Waals surface area contributed by atoms with Crippen LogP contribution >= 0.6 is 11.8 Å². The molecule has 0 saturated heterocycles. The van der Waals surface area contributed by atoms with E-state index < -0.39 is 0 Å². The third kappa shape index (κ3) is 4.39. The molecule has 82 valence electrons. The molecule has 4 heteroatoms. The molecule has 0 aliphatic heterocycles. The van der Waals surface area contributed by atoms with Crippen LogP contribution in [0.25, 0.3) is 0 Å². The third-order valence-corrected chi connectivity index (χ3v) is 3.29. The molecule has 0 aliphatic rings. The van der Waals surface area contributed by atoms with E-state index in [0.29, 0.717) is 6.42 Å². The van der Waals surface area contributed by atoms with Gasteiger partial charge in [0, 0.05) is 6.42 Å². The minimum absolute atomic E-state index is 0.640. The molecular formula is C11H18N3S+. The number of aryl methyl sites for hydroxylation is 1. The standard InChI is InChI=1S/C11H17N3S/c1-2-9-15-10-14-8-7-13-11(14)5-3-4-6-12/h7-8H,2-5,9-10H2,1H3/p+1. The Morgan fingerprint density at radius 2 is 2.47 bits per heavy atom. The largest absolute Gasteiger partial charge is 0.254 e. The van der Waals surface area contributed by atoms with Gasteiger partial charge in [-0.3, -0.25) is 0 Å². The Hall–Kier alpha value is -0.950. The number of aromatic amines is 1. The van der Waals surface area contributed by atoms with E-state index in [1.54, 1.807) is 0 Å². The molecule has 0 saturated carbocycles. The van der Waals surface area contributed by atoms with Crippen molar-refractivity contribution in [2.75, 3.05) is 5.75 Å². The van der Waals surface area contributed by atoms with Crippen molar-refractivity contribution >= 4 is 11.8 Å². The first kappa shape index (κ1) is 12.1. The van der Waals surface area contributed by atoms with Gasteiger partial charge in [-0.1, -0.05) is 6.92 Å². The van der Waals surface area contributed by atoms with E-state index in [9.17, 15) is 0 Å². The summed E-state index contributed by atoms with van der Waals surface area (Å²) in [6, 6.07) is 2.17. The zero-order valence-corrected chi connectivity index (χ0v) is 10.0. The molecule has 1 N–H and O–H groups in total. The fourth-order valence-corrected chi connectivity index (χ4v) is 2.23. The molecular weight excluding hydrogens is 206 g/mol. The lowest BCUT2D eigenvalue weighted by Gasteiger charge is -1.99. The number of nitrogens with zero attached hydrogens (tertiary/aromatic N) is 2. The van der Waals surface area contributed by atoms with Crippen molar-refractivity contribution in [3.05, 3.63) is 18.2 Å². The number of hydrogen-bond acceptors (Lipinski definition) is 2. The zero-order valence-electron chi connectivity index (χ0n) is 9.20. The van der Waals surface area contributed by atoms with Crippen LogP contribution in [0.4, 0.5) is 0 Å². The van der Waals surface area contributed by atoms with E-state index in [2.05, 4.69) is 28.7 Å². The monoisotopic (exact) mass is 224 g/mol. The van der Waals surface area contributed by atoms with Crippen LogP contribution in [0, 0.1) is 11.3 Å². The molecule has 1 rings (SSSR count). The highest BCUT2D eigenvalue weighted by Crippen LogP contribution is 2.03. The van der Waals surface area contributed by atoms with Crippen molar-refractivity contribution in [1.82, 2.24) is 4.98 Å². The van der Waals surface area contributed by atoms with Crippen molar-refractivity contribution in [1.29, 1.82) is 5.26 Å². The van der Waals surface area contributed by atoms with E-state index in [4.69, 9.17) is 5.26 Å². The van der Waals surface area contributed by atoms with Gasteiger partial charge in [0.2, 0.25) is 0 Å². The van der Waals surface area contributed by atoms with Crippen LogP contribution in [0.3, 0.4) is 0 Å². The highest BCUT2D eigenvalue weighted by Gasteiger charge is 2.09. The van der Waals surface area contributed by atoms with Crippen molar-refractivity contribution in [3.8, 4) is 6.07 Å². The first-order valence-electron chi connectivity index (χ1n) is 5.39. The van der Waals surface area contributed by atoms with E-state index in [-0.39, 0.29) is 0 Å². The average molecular weight is 224 g/mol. The summed E-state index contributed by atoms with van der Waals surface area (Å²) in [4.78, 5) is 3.23. The zero-order chi connectivity index (χ0) is 10.9. The number of unbranched alkanes of at least 4 members (excludes halogenated alkanes) is 1. The van der Waals surface area contributed by atoms with Crippen LogP contribution in [0.2, 0.25) is 0 Å². The van der Waals surface area contributed by atoms with Crippen LogP contribution in [-0.2, 0) is 12.3 Å². The summed E-state index contributed by atoms with van der Waals surface area (Å²) in [5, 5.41) is 8.47. The second kappa shape index (κ2) is 7.36. The number of imidazole rings is 1. The number of nitriles is 1. The summed E-state index contributed by atoms with van der Waals surface area (Å²) in [6.07, 6.45) is 7.81. The fraction of sp³-hybridized carbons (Fsp3) is 0.636. The highest BCUT2D eigenvalue weighted by atomic mass is 32.2. The Morgan fingerprint density at radius 3 is 3.20 bits per heavy atom. The van der Waals surface area contributed by atoms with Gasteiger partial charge in [-0.2, -0.15) is 5.26 Å². The number of thioether (sulfide) groups is 1. The van der Waals surface area contributed by atoms with Crippen LogP contribution in [0.15, 0.2) is 12.4 Å². The van der Waals surface area contributed by atoms with E-state index in [1.807, 2.05) is 18.0 Å². The van der Waals surface area contributed by atoms with Crippen LogP contribution in [-0.4, -0.2) is 10.7 Å². The fourth-order valence-electron chi connectivity index (χ4n) is 1.38. The lowest BCUT2D eigenvalue weighted by Crippen LogP contribution is -2.34. The minimum Gasteiger partial charge on any atom is -0.248 e. The second-order valence-electron chi connectivity index (χ2n) is 3.43. The molecule has 0 unspecified atom stereocenters. The van der Waals surface area contributed by atoms with Gasteiger partial charge in [0.15, 0.2) is 0 Å². The van der Waals surface area contributed by atoms with Crippen LogP contribution < -0.4 is 4.57 Å². The number of H-pyrrole nitrogens is 1. The van der Waals surface area contributed by atoms with E-state index in [0.717, 1.165) is 18.7 Å². The summed E-state index contributed by atoms with van der Waals surface area (Å²) in [5.41, 5.74) is 0. The lowest BCUT2D eigenvalue weighted by molar-refractivity contribution is -0.682. The Morgan fingerprint density at radius 1 is 1.60 bits per heavy atom. The maximum Gasteiger partial charge on any atom is 0.254 e. The molecule has 0 bridgehead atoms. The quantitative estimate of drug-likeness (QED) is 0.570. The minimum atomic E-state index is 0.640. The molecule has 0 fully saturated rings. The summed E-state index contributed by atoms with van der Waals surface area (Å²) >= 11 is 1.94. The van der Waals surface area contributed by atoms with Crippen LogP contribution in [0.1, 0.15) is 32.0 Å². The summed E-state index contributed by atoms with van der Waals surface area (Å²) in [7, 11) is 0. The summed E-state index contributed by atoms with van der Waals surface area (Å²) < 4.78 is 2.23. The smallest absolute Gasteiger partial charge is 0.248 e. The van der Waals surface area contributed by atoms with Crippen LogP contribution in [0.5, 0.6) is 0 Å². The van der Waals surface area contributed by atoms with E-state index in [1.165, 1.54) is 18.0 Å². The maximum absolute atomic E-state index is 8.47. The van der Waals surface area contributed by atoms with Crippen molar-refractivity contribution < 1.29 is 4.57 Å². The predicted molar refractivity (Wildman–Crippen MR) is 62.3 cm³/mol. The average Bonchev–Trinajstić information content (AvgIpc) is 2.67. The van der Waals surface area contributed by atoms with Gasteiger partial charge in [0.1, 0.15) is 18.3 Å². The first-order valence-corrected chi connectivity index (χ1v) is 6.54. The number of rotatable bonds is 7. The molecule has 1 heterocycles. The lowest BCUT2D eigenvalue weighted by atomic mass is 10.2. The molecule has 15 heavy (non-hydrogen) atoms. The van der Waals surface area contributed by atoms with Gasteiger partial charge in [-0.25, -0.2) is 9.55 Å². The molecule has 1 aromatic heterocycles. The van der Waals surface area contributed by atoms with Crippen molar-refractivity contribution in [2.24, 2.45) is 0 Å². The Kier molecular flexibility index (Phi) is 5.94. The van der Waals surface area contributed by atoms with Crippen molar-refractivity contribution in [3.63, 3.8) is 0 Å². The van der Waals surface area contributed by atoms with Crippen molar-refractivity contribution in [2.45, 2.75) is 38.5 Å². The number of aromatic nitrogens is 2. The first-order chi connectivity index (χ1) is 7.38. The third-order valence-electron chi connectivity index (χ3n) is 2.13. The number of nitrogens with one attached hydrogen (secondary N) is 1. The molecule has 0 aromatic carbocycles. The predicted octanol–water partition coefficient (Wildman–Crippen LogP) is 2.25. The normalized spacial score (nSPS) is 10.1.